The minimum absolute atomic E-state index is 0.735. The minimum atomic E-state index is 0.735. The number of hydrogen-bond donors (Lipinski definition) is 2. The summed E-state index contributed by atoms with van der Waals surface area (Å²) in [6.07, 6.45) is 4.21. The van der Waals surface area contributed by atoms with Crippen molar-refractivity contribution in [2.24, 2.45) is 5.92 Å². The molecule has 0 saturated carbocycles. The number of nitrogen functional groups attached to an aromatic ring is 1. The lowest BCUT2D eigenvalue weighted by Gasteiger charge is -2.11. The Hall–Kier alpha value is -1.77. The standard InChI is InChI=1S/C15H21N3/c1-11(2)5-3-9-17-14-8-7-13(16)15-12(14)6-4-10-18-15/h4,6-8,10-11,17H,3,5,9,16H2,1-2H3. The number of nitrogens with two attached hydrogens (primary N) is 1. The maximum atomic E-state index is 5.93. The molecule has 2 aromatic rings. The number of fused-ring (bicyclic) bond motifs is 1. The van der Waals surface area contributed by atoms with Crippen LogP contribution < -0.4 is 11.1 Å². The Labute approximate surface area is 108 Å². The lowest BCUT2D eigenvalue weighted by Crippen LogP contribution is -2.04. The van der Waals surface area contributed by atoms with Crippen molar-refractivity contribution in [1.29, 1.82) is 0 Å². The third kappa shape index (κ3) is 2.92. The van der Waals surface area contributed by atoms with Gasteiger partial charge in [-0.2, -0.15) is 0 Å². The Morgan fingerprint density at radius 1 is 1.28 bits per heavy atom. The van der Waals surface area contributed by atoms with Gasteiger partial charge in [0.25, 0.3) is 0 Å². The smallest absolute Gasteiger partial charge is 0.0951 e. The summed E-state index contributed by atoms with van der Waals surface area (Å²) in [7, 11) is 0. The van der Waals surface area contributed by atoms with Crippen LogP contribution in [0.3, 0.4) is 0 Å². The Bertz CT molecular complexity index is 520. The Balaban J connectivity index is 2.11. The normalized spacial score (nSPS) is 11.1. The first-order chi connectivity index (χ1) is 8.68. The third-order valence-corrected chi connectivity index (χ3v) is 3.07. The van der Waals surface area contributed by atoms with Crippen molar-refractivity contribution >= 4 is 22.3 Å². The largest absolute Gasteiger partial charge is 0.397 e. The molecule has 0 fully saturated rings. The van der Waals surface area contributed by atoms with Crippen molar-refractivity contribution in [2.75, 3.05) is 17.6 Å². The first-order valence-electron chi connectivity index (χ1n) is 6.55. The van der Waals surface area contributed by atoms with Crippen LogP contribution in [0.25, 0.3) is 10.9 Å². The summed E-state index contributed by atoms with van der Waals surface area (Å²) in [6.45, 7) is 5.50. The van der Waals surface area contributed by atoms with Gasteiger partial charge in [-0.25, -0.2) is 0 Å². The van der Waals surface area contributed by atoms with Crippen LogP contribution in [-0.4, -0.2) is 11.5 Å². The van der Waals surface area contributed by atoms with Crippen LogP contribution in [0, 0.1) is 5.92 Å². The number of hydrogen-bond acceptors (Lipinski definition) is 3. The molecule has 0 amide bonds. The van der Waals surface area contributed by atoms with E-state index in [0.717, 1.165) is 34.7 Å². The summed E-state index contributed by atoms with van der Waals surface area (Å²) < 4.78 is 0. The van der Waals surface area contributed by atoms with Crippen LogP contribution in [0.5, 0.6) is 0 Å². The van der Waals surface area contributed by atoms with Gasteiger partial charge in [-0.1, -0.05) is 13.8 Å². The highest BCUT2D eigenvalue weighted by molar-refractivity contribution is 5.98. The predicted octanol–water partition coefficient (Wildman–Crippen LogP) is 3.67. The molecule has 3 nitrogen and oxygen atoms in total. The summed E-state index contributed by atoms with van der Waals surface area (Å²) in [5.74, 6) is 0.761. The van der Waals surface area contributed by atoms with Crippen LogP contribution in [0.4, 0.5) is 11.4 Å². The summed E-state index contributed by atoms with van der Waals surface area (Å²) in [4.78, 5) is 4.33. The second-order valence-corrected chi connectivity index (χ2v) is 5.06. The molecule has 1 aromatic carbocycles. The molecule has 0 atom stereocenters. The van der Waals surface area contributed by atoms with Gasteiger partial charge in [0.2, 0.25) is 0 Å². The van der Waals surface area contributed by atoms with Crippen molar-refractivity contribution in [3.8, 4) is 0 Å². The Kier molecular flexibility index (Phi) is 4.03. The van der Waals surface area contributed by atoms with E-state index in [1.165, 1.54) is 12.8 Å². The van der Waals surface area contributed by atoms with Gasteiger partial charge in [-0.3, -0.25) is 4.98 Å². The first kappa shape index (κ1) is 12.7. The Morgan fingerprint density at radius 3 is 2.89 bits per heavy atom. The maximum absolute atomic E-state index is 5.93. The van der Waals surface area contributed by atoms with Crippen LogP contribution in [0.1, 0.15) is 26.7 Å². The van der Waals surface area contributed by atoms with E-state index in [9.17, 15) is 0 Å². The van der Waals surface area contributed by atoms with E-state index in [-0.39, 0.29) is 0 Å². The summed E-state index contributed by atoms with van der Waals surface area (Å²) in [6, 6.07) is 7.96. The first-order valence-corrected chi connectivity index (χ1v) is 6.55. The minimum Gasteiger partial charge on any atom is -0.397 e. The second kappa shape index (κ2) is 5.71. The molecule has 0 unspecified atom stereocenters. The molecule has 1 heterocycles. The summed E-state index contributed by atoms with van der Waals surface area (Å²) in [5.41, 5.74) is 8.67. The molecule has 0 radical (unpaired) electrons. The predicted molar refractivity (Wildman–Crippen MR) is 78.7 cm³/mol. The van der Waals surface area contributed by atoms with Gasteiger partial charge in [-0.15, -0.1) is 0 Å². The van der Waals surface area contributed by atoms with Crippen LogP contribution >= 0.6 is 0 Å². The quantitative estimate of drug-likeness (QED) is 0.622. The Morgan fingerprint density at radius 2 is 2.11 bits per heavy atom. The van der Waals surface area contributed by atoms with Crippen LogP contribution in [-0.2, 0) is 0 Å². The van der Waals surface area contributed by atoms with Gasteiger partial charge in [0.15, 0.2) is 0 Å². The fourth-order valence-corrected chi connectivity index (χ4v) is 2.08. The summed E-state index contributed by atoms with van der Waals surface area (Å²) in [5, 5.41) is 4.57. The van der Waals surface area contributed by atoms with Crippen LogP contribution in [0.15, 0.2) is 30.5 Å². The van der Waals surface area contributed by atoms with E-state index >= 15 is 0 Å². The monoisotopic (exact) mass is 243 g/mol. The highest BCUT2D eigenvalue weighted by Crippen LogP contribution is 2.26. The molecule has 18 heavy (non-hydrogen) atoms. The van der Waals surface area contributed by atoms with Crippen molar-refractivity contribution < 1.29 is 0 Å². The molecule has 0 bridgehead atoms. The molecule has 0 aliphatic heterocycles. The maximum Gasteiger partial charge on any atom is 0.0951 e. The molecular formula is C15H21N3. The second-order valence-electron chi connectivity index (χ2n) is 5.06. The number of nitrogens with one attached hydrogen (secondary N) is 1. The van der Waals surface area contributed by atoms with E-state index in [4.69, 9.17) is 5.73 Å². The van der Waals surface area contributed by atoms with Crippen molar-refractivity contribution in [1.82, 2.24) is 4.98 Å². The molecule has 0 aliphatic carbocycles. The molecular weight excluding hydrogens is 222 g/mol. The zero-order valence-corrected chi connectivity index (χ0v) is 11.1. The SMILES string of the molecule is CC(C)CCCNc1ccc(N)c2ncccc12. The molecule has 0 aliphatic rings. The molecule has 3 heteroatoms. The van der Waals surface area contributed by atoms with E-state index in [1.807, 2.05) is 18.2 Å². The van der Waals surface area contributed by atoms with Crippen molar-refractivity contribution in [3.63, 3.8) is 0 Å². The van der Waals surface area contributed by atoms with Crippen molar-refractivity contribution in [3.05, 3.63) is 30.5 Å². The fourth-order valence-electron chi connectivity index (χ4n) is 2.08. The highest BCUT2D eigenvalue weighted by Gasteiger charge is 2.04. The van der Waals surface area contributed by atoms with Gasteiger partial charge >= 0.3 is 0 Å². The van der Waals surface area contributed by atoms with Gasteiger partial charge in [0.1, 0.15) is 0 Å². The topological polar surface area (TPSA) is 50.9 Å². The number of nitrogens with zero attached hydrogens (tertiary/aromatic N) is 1. The number of rotatable bonds is 5. The third-order valence-electron chi connectivity index (χ3n) is 3.07. The zero-order valence-electron chi connectivity index (χ0n) is 11.1. The number of anilines is 2. The number of pyridine rings is 1. The van der Waals surface area contributed by atoms with Crippen molar-refractivity contribution in [2.45, 2.75) is 26.7 Å². The van der Waals surface area contributed by atoms with Gasteiger partial charge < -0.3 is 11.1 Å². The van der Waals surface area contributed by atoms with Gasteiger partial charge in [0, 0.05) is 23.8 Å². The van der Waals surface area contributed by atoms with E-state index < -0.39 is 0 Å². The van der Waals surface area contributed by atoms with Gasteiger partial charge in [-0.05, 0) is 43.0 Å². The van der Waals surface area contributed by atoms with E-state index in [0.29, 0.717) is 0 Å². The number of aromatic nitrogens is 1. The molecule has 2 rings (SSSR count). The molecule has 1 aromatic heterocycles. The molecule has 96 valence electrons. The van der Waals surface area contributed by atoms with Crippen LogP contribution in [0.2, 0.25) is 0 Å². The number of benzene rings is 1. The molecule has 3 N–H and O–H groups in total. The fraction of sp³-hybridized carbons (Fsp3) is 0.400. The molecule has 0 spiro atoms. The lowest BCUT2D eigenvalue weighted by molar-refractivity contribution is 0.567. The van der Waals surface area contributed by atoms with E-state index in [2.05, 4.69) is 30.2 Å². The van der Waals surface area contributed by atoms with Gasteiger partial charge in [0.05, 0.1) is 11.2 Å². The molecule has 0 saturated heterocycles. The lowest BCUT2D eigenvalue weighted by atomic mass is 10.1. The highest BCUT2D eigenvalue weighted by atomic mass is 14.9. The summed E-state index contributed by atoms with van der Waals surface area (Å²) >= 11 is 0. The average Bonchev–Trinajstić information content (AvgIpc) is 2.37. The zero-order chi connectivity index (χ0) is 13.0. The average molecular weight is 243 g/mol. The van der Waals surface area contributed by atoms with E-state index in [1.54, 1.807) is 6.20 Å².